The van der Waals surface area contributed by atoms with E-state index in [9.17, 15) is 12.8 Å². The molecule has 1 rings (SSSR count). The normalized spacial score (nSPS) is 13.7. The van der Waals surface area contributed by atoms with Crippen LogP contribution in [0.25, 0.3) is 0 Å². The van der Waals surface area contributed by atoms with Gasteiger partial charge in [0.1, 0.15) is 5.82 Å². The minimum absolute atomic E-state index is 0.00551. The van der Waals surface area contributed by atoms with Crippen LogP contribution in [0.3, 0.4) is 0 Å². The van der Waals surface area contributed by atoms with Crippen LogP contribution in [0.4, 0.5) is 4.39 Å². The van der Waals surface area contributed by atoms with Gasteiger partial charge in [0, 0.05) is 12.6 Å². The average Bonchev–Trinajstić information content (AvgIpc) is 2.36. The van der Waals surface area contributed by atoms with Gasteiger partial charge in [-0.3, -0.25) is 0 Å². The highest BCUT2D eigenvalue weighted by molar-refractivity contribution is 7.89. The van der Waals surface area contributed by atoms with Crippen molar-refractivity contribution in [1.29, 1.82) is 0 Å². The summed E-state index contributed by atoms with van der Waals surface area (Å²) in [7, 11) is -3.72. The van der Waals surface area contributed by atoms with Crippen LogP contribution >= 0.6 is 0 Å². The van der Waals surface area contributed by atoms with Crippen molar-refractivity contribution in [3.05, 3.63) is 29.6 Å². The molecule has 0 saturated heterocycles. The molecule has 1 aromatic rings. The average molecular weight is 302 g/mol. The Balaban J connectivity index is 3.12. The summed E-state index contributed by atoms with van der Waals surface area (Å²) in [5.41, 5.74) is 0.566. The van der Waals surface area contributed by atoms with Crippen molar-refractivity contribution in [2.24, 2.45) is 5.92 Å². The molecule has 0 heterocycles. The van der Waals surface area contributed by atoms with Crippen LogP contribution in [-0.2, 0) is 16.6 Å². The van der Waals surface area contributed by atoms with Crippen LogP contribution in [-0.4, -0.2) is 21.0 Å². The van der Waals surface area contributed by atoms with Crippen LogP contribution in [0.5, 0.6) is 0 Å². The topological polar surface area (TPSA) is 58.2 Å². The van der Waals surface area contributed by atoms with E-state index in [-0.39, 0.29) is 16.9 Å². The predicted octanol–water partition coefficient (Wildman–Crippen LogP) is 2.26. The van der Waals surface area contributed by atoms with Crippen LogP contribution in [0, 0.1) is 11.7 Å². The Morgan fingerprint density at radius 1 is 1.25 bits per heavy atom. The van der Waals surface area contributed by atoms with Crippen molar-refractivity contribution in [1.82, 2.24) is 10.0 Å². The highest BCUT2D eigenvalue weighted by Gasteiger charge is 2.22. The van der Waals surface area contributed by atoms with E-state index in [1.807, 2.05) is 20.8 Å². The van der Waals surface area contributed by atoms with E-state index in [0.29, 0.717) is 18.7 Å². The van der Waals surface area contributed by atoms with Gasteiger partial charge in [0.25, 0.3) is 0 Å². The summed E-state index contributed by atoms with van der Waals surface area (Å²) in [6.07, 6.45) is 0. The lowest BCUT2D eigenvalue weighted by molar-refractivity contribution is 0.475. The van der Waals surface area contributed by atoms with E-state index in [2.05, 4.69) is 10.0 Å². The van der Waals surface area contributed by atoms with Crippen molar-refractivity contribution in [2.45, 2.75) is 45.2 Å². The quantitative estimate of drug-likeness (QED) is 0.812. The lowest BCUT2D eigenvalue weighted by atomic mass is 10.1. The van der Waals surface area contributed by atoms with E-state index in [0.717, 1.165) is 6.07 Å². The zero-order valence-electron chi connectivity index (χ0n) is 12.4. The van der Waals surface area contributed by atoms with E-state index < -0.39 is 15.8 Å². The minimum atomic E-state index is -3.72. The molecule has 114 valence electrons. The fourth-order valence-electron chi connectivity index (χ4n) is 1.63. The third kappa shape index (κ3) is 4.54. The van der Waals surface area contributed by atoms with Gasteiger partial charge in [-0.2, -0.15) is 0 Å². The third-order valence-electron chi connectivity index (χ3n) is 3.23. The van der Waals surface area contributed by atoms with Gasteiger partial charge in [0.2, 0.25) is 10.0 Å². The second kappa shape index (κ2) is 7.15. The monoisotopic (exact) mass is 302 g/mol. The van der Waals surface area contributed by atoms with Gasteiger partial charge in [-0.05, 0) is 37.1 Å². The first kappa shape index (κ1) is 17.1. The summed E-state index contributed by atoms with van der Waals surface area (Å²) in [6, 6.07) is 3.64. The summed E-state index contributed by atoms with van der Waals surface area (Å²) in [6.45, 7) is 8.69. The molecule has 0 saturated carbocycles. The number of halogens is 1. The Morgan fingerprint density at radius 2 is 1.90 bits per heavy atom. The smallest absolute Gasteiger partial charge is 0.241 e. The van der Waals surface area contributed by atoms with Crippen molar-refractivity contribution in [3.63, 3.8) is 0 Å². The molecule has 1 atom stereocenters. The molecule has 0 spiro atoms. The molecule has 0 bridgehead atoms. The molecule has 0 aliphatic carbocycles. The van der Waals surface area contributed by atoms with E-state index in [1.54, 1.807) is 6.92 Å². The number of sulfonamides is 1. The Bertz CT molecular complexity index is 544. The third-order valence-corrected chi connectivity index (χ3v) is 4.87. The highest BCUT2D eigenvalue weighted by Crippen LogP contribution is 2.18. The number of benzene rings is 1. The second-order valence-corrected chi connectivity index (χ2v) is 6.87. The van der Waals surface area contributed by atoms with Gasteiger partial charge in [0.05, 0.1) is 4.90 Å². The largest absolute Gasteiger partial charge is 0.313 e. The zero-order valence-corrected chi connectivity index (χ0v) is 13.2. The first-order valence-electron chi connectivity index (χ1n) is 6.79. The molecule has 0 fully saturated rings. The predicted molar refractivity (Wildman–Crippen MR) is 78.4 cm³/mol. The maximum absolute atomic E-state index is 13.4. The maximum Gasteiger partial charge on any atom is 0.241 e. The molecule has 1 unspecified atom stereocenters. The molecule has 0 aliphatic rings. The van der Waals surface area contributed by atoms with Crippen LogP contribution in [0.2, 0.25) is 0 Å². The zero-order chi connectivity index (χ0) is 15.3. The summed E-state index contributed by atoms with van der Waals surface area (Å²) < 4.78 is 40.7. The number of rotatable bonds is 7. The molecule has 6 heteroatoms. The van der Waals surface area contributed by atoms with Gasteiger partial charge >= 0.3 is 0 Å². The minimum Gasteiger partial charge on any atom is -0.313 e. The van der Waals surface area contributed by atoms with Crippen LogP contribution in [0.1, 0.15) is 33.3 Å². The summed E-state index contributed by atoms with van der Waals surface area (Å²) >= 11 is 0. The lowest BCUT2D eigenvalue weighted by Gasteiger charge is -2.19. The fourth-order valence-corrected chi connectivity index (χ4v) is 3.27. The van der Waals surface area contributed by atoms with E-state index in [1.165, 1.54) is 12.1 Å². The van der Waals surface area contributed by atoms with Crippen molar-refractivity contribution < 1.29 is 12.8 Å². The lowest BCUT2D eigenvalue weighted by Crippen LogP contribution is -2.36. The first-order chi connectivity index (χ1) is 9.27. The standard InChI is InChI=1S/C14H23FN2O2S/c1-5-16-9-12-6-7-13(15)8-14(12)20(18,19)17-11(4)10(2)3/h6-8,10-11,16-17H,5,9H2,1-4H3. The molecule has 4 nitrogen and oxygen atoms in total. The summed E-state index contributed by atoms with van der Waals surface area (Å²) in [5, 5.41) is 3.06. The van der Waals surface area contributed by atoms with Gasteiger partial charge < -0.3 is 5.32 Å². The summed E-state index contributed by atoms with van der Waals surface area (Å²) in [5.74, 6) is -0.390. The molecule has 2 N–H and O–H groups in total. The number of hydrogen-bond donors (Lipinski definition) is 2. The SMILES string of the molecule is CCNCc1ccc(F)cc1S(=O)(=O)NC(C)C(C)C. The second-order valence-electron chi connectivity index (χ2n) is 5.19. The Kier molecular flexibility index (Phi) is 6.10. The molecule has 0 aromatic heterocycles. The van der Waals surface area contributed by atoms with Gasteiger partial charge in [-0.1, -0.05) is 26.8 Å². The molecule has 20 heavy (non-hydrogen) atoms. The Labute approximate surface area is 120 Å². The fraction of sp³-hybridized carbons (Fsp3) is 0.571. The van der Waals surface area contributed by atoms with Crippen LogP contribution < -0.4 is 10.0 Å². The number of hydrogen-bond acceptors (Lipinski definition) is 3. The van der Waals surface area contributed by atoms with Crippen molar-refractivity contribution >= 4 is 10.0 Å². The number of nitrogens with one attached hydrogen (secondary N) is 2. The molecule has 0 radical (unpaired) electrons. The first-order valence-corrected chi connectivity index (χ1v) is 8.27. The summed E-state index contributed by atoms with van der Waals surface area (Å²) in [4.78, 5) is 0.00551. The highest BCUT2D eigenvalue weighted by atomic mass is 32.2. The molecular weight excluding hydrogens is 279 g/mol. The molecule has 0 amide bonds. The Morgan fingerprint density at radius 3 is 2.45 bits per heavy atom. The molecule has 0 aliphatic heterocycles. The van der Waals surface area contributed by atoms with Gasteiger partial charge in [-0.25, -0.2) is 17.5 Å². The van der Waals surface area contributed by atoms with Gasteiger partial charge in [0.15, 0.2) is 0 Å². The van der Waals surface area contributed by atoms with Gasteiger partial charge in [-0.15, -0.1) is 0 Å². The van der Waals surface area contributed by atoms with E-state index in [4.69, 9.17) is 0 Å². The van der Waals surface area contributed by atoms with Crippen LogP contribution in [0.15, 0.2) is 23.1 Å². The maximum atomic E-state index is 13.4. The molecule has 1 aromatic carbocycles. The molecular formula is C14H23FN2O2S. The Hall–Kier alpha value is -0.980. The van der Waals surface area contributed by atoms with Crippen molar-refractivity contribution in [2.75, 3.05) is 6.54 Å². The van der Waals surface area contributed by atoms with Crippen molar-refractivity contribution in [3.8, 4) is 0 Å². The van der Waals surface area contributed by atoms with E-state index >= 15 is 0 Å².